The van der Waals surface area contributed by atoms with Crippen LogP contribution in [0.1, 0.15) is 0 Å². The van der Waals surface area contributed by atoms with Crippen LogP contribution in [0.2, 0.25) is 0 Å². The van der Waals surface area contributed by atoms with Gasteiger partial charge < -0.3 is 4.42 Å². The van der Waals surface area contributed by atoms with Crippen LogP contribution in [0, 0.1) is 0 Å². The molecule has 0 aliphatic heterocycles. The molecule has 0 radical (unpaired) electrons. The molecule has 0 spiro atoms. The van der Waals surface area contributed by atoms with Crippen molar-refractivity contribution in [3.05, 3.63) is 158 Å². The van der Waals surface area contributed by atoms with Crippen LogP contribution in [0.4, 0.5) is 0 Å². The number of nitrogens with zero attached hydrogens (tertiary/aromatic N) is 4. The van der Waals surface area contributed by atoms with Crippen LogP contribution in [0.3, 0.4) is 0 Å². The van der Waals surface area contributed by atoms with E-state index in [0.717, 1.165) is 81.3 Å². The number of rotatable bonds is 5. The highest BCUT2D eigenvalue weighted by Gasteiger charge is 2.18. The van der Waals surface area contributed by atoms with Crippen molar-refractivity contribution in [2.24, 2.45) is 0 Å². The third kappa shape index (κ3) is 4.85. The second-order valence-corrected chi connectivity index (χ2v) is 13.3. The first-order valence-corrected chi connectivity index (χ1v) is 17.3. The third-order valence-corrected chi connectivity index (χ3v) is 10.2. The van der Waals surface area contributed by atoms with E-state index in [2.05, 4.69) is 103 Å². The molecular weight excluding hydrogens is 633 g/mol. The van der Waals surface area contributed by atoms with Crippen molar-refractivity contribution in [2.45, 2.75) is 0 Å². The van der Waals surface area contributed by atoms with Gasteiger partial charge in [-0.1, -0.05) is 127 Å². The van der Waals surface area contributed by atoms with E-state index in [1.54, 1.807) is 11.3 Å². The van der Waals surface area contributed by atoms with Crippen LogP contribution < -0.4 is 0 Å². The fraction of sp³-hybridized carbons (Fsp3) is 0. The van der Waals surface area contributed by atoms with Crippen molar-refractivity contribution in [3.8, 4) is 55.9 Å². The summed E-state index contributed by atoms with van der Waals surface area (Å²) in [6.07, 6.45) is 0. The van der Waals surface area contributed by atoms with Crippen LogP contribution in [-0.2, 0) is 0 Å². The van der Waals surface area contributed by atoms with Crippen LogP contribution >= 0.6 is 11.3 Å². The van der Waals surface area contributed by atoms with Crippen LogP contribution in [0.25, 0.3) is 98.8 Å². The molecule has 0 atom stereocenters. The molecule has 6 heteroatoms. The lowest BCUT2D eigenvalue weighted by molar-refractivity contribution is 0.672. The summed E-state index contributed by atoms with van der Waals surface area (Å²) in [7, 11) is 0. The molecule has 10 aromatic rings. The minimum Gasteiger partial charge on any atom is -0.454 e. The molecule has 10 rings (SSSR count). The number of hydrogen-bond donors (Lipinski definition) is 0. The van der Waals surface area contributed by atoms with E-state index in [1.165, 1.54) is 0 Å². The van der Waals surface area contributed by atoms with Gasteiger partial charge in [0, 0.05) is 33.0 Å². The van der Waals surface area contributed by atoms with Gasteiger partial charge in [-0.05, 0) is 52.2 Å². The van der Waals surface area contributed by atoms with Crippen LogP contribution in [-0.4, -0.2) is 19.9 Å². The predicted molar refractivity (Wildman–Crippen MR) is 205 cm³/mol. The van der Waals surface area contributed by atoms with Crippen LogP contribution in [0.15, 0.2) is 162 Å². The molecule has 0 bridgehead atoms. The van der Waals surface area contributed by atoms with Crippen molar-refractivity contribution < 1.29 is 4.42 Å². The molecule has 234 valence electrons. The number of fused-ring (bicyclic) bond motifs is 7. The maximum atomic E-state index is 6.57. The second kappa shape index (κ2) is 11.6. The minimum absolute atomic E-state index is 0.611. The molecule has 0 aliphatic rings. The van der Waals surface area contributed by atoms with Gasteiger partial charge in [0.2, 0.25) is 0 Å². The zero-order valence-corrected chi connectivity index (χ0v) is 27.4. The van der Waals surface area contributed by atoms with Crippen molar-refractivity contribution >= 4 is 54.3 Å². The Labute approximate surface area is 291 Å². The lowest BCUT2D eigenvalue weighted by Crippen LogP contribution is -2.00. The molecule has 50 heavy (non-hydrogen) atoms. The Balaban J connectivity index is 1.15. The molecule has 0 saturated carbocycles. The molecule has 3 heterocycles. The Kier molecular flexibility index (Phi) is 6.60. The van der Waals surface area contributed by atoms with Crippen molar-refractivity contribution in [3.63, 3.8) is 0 Å². The highest BCUT2D eigenvalue weighted by atomic mass is 32.1. The fourth-order valence-electron chi connectivity index (χ4n) is 6.70. The number of furan rings is 1. The average molecular weight is 659 g/mol. The van der Waals surface area contributed by atoms with Gasteiger partial charge >= 0.3 is 0 Å². The molecule has 0 aliphatic carbocycles. The molecule has 7 aromatic carbocycles. The molecular formula is C44H26N4OS. The largest absolute Gasteiger partial charge is 0.454 e. The van der Waals surface area contributed by atoms with Gasteiger partial charge in [-0.3, -0.25) is 0 Å². The van der Waals surface area contributed by atoms with E-state index in [-0.39, 0.29) is 0 Å². The highest BCUT2D eigenvalue weighted by molar-refractivity contribution is 7.21. The summed E-state index contributed by atoms with van der Waals surface area (Å²) in [5, 5.41) is 5.27. The smallest absolute Gasteiger partial charge is 0.164 e. The summed E-state index contributed by atoms with van der Waals surface area (Å²) in [6, 6.07) is 54.0. The molecule has 0 unspecified atom stereocenters. The predicted octanol–water partition coefficient (Wildman–Crippen LogP) is 11.9. The zero-order chi connectivity index (χ0) is 33.0. The van der Waals surface area contributed by atoms with Crippen molar-refractivity contribution in [2.75, 3.05) is 0 Å². The first-order chi connectivity index (χ1) is 24.7. The summed E-state index contributed by atoms with van der Waals surface area (Å²) < 4.78 is 7.67. The minimum atomic E-state index is 0.611. The van der Waals surface area contributed by atoms with Crippen LogP contribution in [0.5, 0.6) is 0 Å². The Morgan fingerprint density at radius 3 is 1.76 bits per heavy atom. The SMILES string of the molecule is c1ccc(-c2cccc(-c3nc(-c4ccccc4)nc(-c4ccc5ccc6oc7c(ccc8sc(-c9ccccc9)nc87)c6c5c4)n3)c2)cc1. The summed E-state index contributed by atoms with van der Waals surface area (Å²) in [5.74, 6) is 1.86. The molecule has 0 N–H and O–H groups in total. The van der Waals surface area contributed by atoms with Gasteiger partial charge in [0.15, 0.2) is 23.1 Å². The highest BCUT2D eigenvalue weighted by Crippen LogP contribution is 2.41. The molecule has 0 amide bonds. The van der Waals surface area contributed by atoms with E-state index >= 15 is 0 Å². The quantitative estimate of drug-likeness (QED) is 0.184. The van der Waals surface area contributed by atoms with E-state index in [9.17, 15) is 0 Å². The van der Waals surface area contributed by atoms with E-state index in [1.807, 2.05) is 54.6 Å². The normalized spacial score (nSPS) is 11.6. The molecule has 3 aromatic heterocycles. The summed E-state index contributed by atoms with van der Waals surface area (Å²) in [6.45, 7) is 0. The third-order valence-electron chi connectivity index (χ3n) is 9.15. The number of hydrogen-bond acceptors (Lipinski definition) is 6. The van der Waals surface area contributed by atoms with E-state index in [4.69, 9.17) is 24.4 Å². The number of aromatic nitrogens is 4. The second-order valence-electron chi connectivity index (χ2n) is 12.3. The maximum absolute atomic E-state index is 6.57. The van der Waals surface area contributed by atoms with Gasteiger partial charge in [-0.15, -0.1) is 11.3 Å². The first kappa shape index (κ1) is 28.5. The monoisotopic (exact) mass is 658 g/mol. The average Bonchev–Trinajstić information content (AvgIpc) is 3.81. The van der Waals surface area contributed by atoms with Gasteiger partial charge in [0.25, 0.3) is 0 Å². The van der Waals surface area contributed by atoms with Gasteiger partial charge in [-0.2, -0.15) is 0 Å². The first-order valence-electron chi connectivity index (χ1n) is 16.5. The molecule has 0 fully saturated rings. The van der Waals surface area contributed by atoms with Gasteiger partial charge in [0.1, 0.15) is 16.1 Å². The molecule has 0 saturated heterocycles. The zero-order valence-electron chi connectivity index (χ0n) is 26.6. The summed E-state index contributed by atoms with van der Waals surface area (Å²) in [4.78, 5) is 20.2. The van der Waals surface area contributed by atoms with E-state index in [0.29, 0.717) is 17.5 Å². The lowest BCUT2D eigenvalue weighted by atomic mass is 10.0. The standard InChI is InChI=1S/C44H26N4OS/c1-4-11-27(12-5-1)31-17-10-18-32(25-31)42-46-41(29-13-6-2-7-14-29)47-43(48-42)33-20-19-28-21-23-36-38(35(28)26-33)34-22-24-37-39(40(34)49-36)45-44(50-37)30-15-8-3-9-16-30/h1-26H. The van der Waals surface area contributed by atoms with Gasteiger partial charge in [-0.25, -0.2) is 19.9 Å². The Morgan fingerprint density at radius 2 is 1.02 bits per heavy atom. The number of thiazole rings is 1. The summed E-state index contributed by atoms with van der Waals surface area (Å²) >= 11 is 1.68. The van der Waals surface area contributed by atoms with Crippen molar-refractivity contribution in [1.82, 2.24) is 19.9 Å². The van der Waals surface area contributed by atoms with E-state index < -0.39 is 0 Å². The van der Waals surface area contributed by atoms with Gasteiger partial charge in [0.05, 0.1) is 4.70 Å². The Hall–Kier alpha value is -6.50. The fourth-order valence-corrected chi connectivity index (χ4v) is 7.67. The van der Waals surface area contributed by atoms with Crippen molar-refractivity contribution in [1.29, 1.82) is 0 Å². The Bertz CT molecular complexity index is 2860. The maximum Gasteiger partial charge on any atom is 0.164 e. The number of benzene rings is 7. The summed E-state index contributed by atoms with van der Waals surface area (Å²) in [5.41, 5.74) is 8.64. The lowest BCUT2D eigenvalue weighted by Gasteiger charge is -2.10. The Morgan fingerprint density at radius 1 is 0.420 bits per heavy atom. The molecule has 5 nitrogen and oxygen atoms in total. The topological polar surface area (TPSA) is 64.7 Å².